The van der Waals surface area contributed by atoms with E-state index in [1.807, 2.05) is 42.2 Å². The minimum atomic E-state index is -0.906. The average Bonchev–Trinajstić information content (AvgIpc) is 2.55. The first-order valence-electron chi connectivity index (χ1n) is 8.99. The quantitative estimate of drug-likeness (QED) is 0.787. The van der Waals surface area contributed by atoms with Crippen molar-refractivity contribution in [3.05, 3.63) is 35.9 Å². The molecule has 0 spiro atoms. The molecule has 1 saturated heterocycles. The Kier molecular flexibility index (Phi) is 5.96. The molecule has 0 aliphatic carbocycles. The molecule has 2 unspecified atom stereocenters. The highest BCUT2D eigenvalue weighted by molar-refractivity contribution is 5.75. The van der Waals surface area contributed by atoms with Crippen molar-refractivity contribution < 1.29 is 19.4 Å². The van der Waals surface area contributed by atoms with E-state index in [4.69, 9.17) is 4.74 Å². The zero-order valence-electron chi connectivity index (χ0n) is 16.4. The van der Waals surface area contributed by atoms with Crippen molar-refractivity contribution >= 4 is 12.1 Å². The maximum absolute atomic E-state index is 12.2. The summed E-state index contributed by atoms with van der Waals surface area (Å²) >= 11 is 0. The van der Waals surface area contributed by atoms with E-state index in [0.717, 1.165) is 12.0 Å². The first-order chi connectivity index (χ1) is 12.1. The smallest absolute Gasteiger partial charge is 0.407 e. The maximum atomic E-state index is 12.2. The number of rotatable bonds is 6. The summed E-state index contributed by atoms with van der Waals surface area (Å²) in [5.41, 5.74) is 0.290. The largest absolute Gasteiger partial charge is 0.468 e. The predicted molar refractivity (Wildman–Crippen MR) is 99.9 cm³/mol. The third-order valence-electron chi connectivity index (χ3n) is 5.68. The molecule has 1 aliphatic rings. The number of esters is 1. The third-order valence-corrected chi connectivity index (χ3v) is 5.68. The SMILES string of the molecule is COC(=O)C(C)N(Cc1ccccc1)CC1(C(C)(C)C)CCN1C(=O)O. The molecule has 1 heterocycles. The van der Waals surface area contributed by atoms with Crippen LogP contribution in [-0.2, 0) is 16.1 Å². The van der Waals surface area contributed by atoms with Gasteiger partial charge in [0.25, 0.3) is 0 Å². The van der Waals surface area contributed by atoms with Gasteiger partial charge in [-0.2, -0.15) is 0 Å². The summed E-state index contributed by atoms with van der Waals surface area (Å²) in [5.74, 6) is -0.314. The highest BCUT2D eigenvalue weighted by Crippen LogP contribution is 2.46. The number of carbonyl (C=O) groups excluding carboxylic acids is 1. The van der Waals surface area contributed by atoms with E-state index in [1.165, 1.54) is 12.0 Å². The minimum Gasteiger partial charge on any atom is -0.468 e. The Morgan fingerprint density at radius 1 is 1.31 bits per heavy atom. The van der Waals surface area contributed by atoms with Gasteiger partial charge in [-0.25, -0.2) is 4.79 Å². The summed E-state index contributed by atoms with van der Waals surface area (Å²) < 4.78 is 4.95. The Morgan fingerprint density at radius 3 is 2.35 bits per heavy atom. The molecule has 0 saturated carbocycles. The van der Waals surface area contributed by atoms with Gasteiger partial charge in [-0.1, -0.05) is 51.1 Å². The van der Waals surface area contributed by atoms with Crippen LogP contribution in [0.1, 0.15) is 39.7 Å². The molecule has 2 atom stereocenters. The van der Waals surface area contributed by atoms with Gasteiger partial charge in [-0.05, 0) is 24.3 Å². The molecule has 0 bridgehead atoms. The second-order valence-electron chi connectivity index (χ2n) is 8.06. The molecule has 1 fully saturated rings. The third kappa shape index (κ3) is 3.85. The number of ether oxygens (including phenoxy) is 1. The van der Waals surface area contributed by atoms with E-state index < -0.39 is 17.7 Å². The molecule has 1 aromatic carbocycles. The van der Waals surface area contributed by atoms with E-state index in [2.05, 4.69) is 20.8 Å². The van der Waals surface area contributed by atoms with Crippen LogP contribution in [0.4, 0.5) is 4.79 Å². The monoisotopic (exact) mass is 362 g/mol. The summed E-state index contributed by atoms with van der Waals surface area (Å²) in [5, 5.41) is 9.64. The predicted octanol–water partition coefficient (Wildman–Crippen LogP) is 3.22. The minimum absolute atomic E-state index is 0.256. The van der Waals surface area contributed by atoms with Gasteiger partial charge in [0.1, 0.15) is 6.04 Å². The van der Waals surface area contributed by atoms with Crippen LogP contribution < -0.4 is 0 Å². The number of carbonyl (C=O) groups is 2. The number of hydrogen-bond acceptors (Lipinski definition) is 4. The van der Waals surface area contributed by atoms with E-state index in [9.17, 15) is 14.7 Å². The standard InChI is InChI=1S/C20H30N2O4/c1-15(17(23)26-5)21(13-16-9-7-6-8-10-16)14-20(19(2,3)4)11-12-22(20)18(24)25/h6-10,15H,11-14H2,1-5H3,(H,24,25). The molecular formula is C20H30N2O4. The lowest BCUT2D eigenvalue weighted by molar-refractivity contribution is -0.150. The summed E-state index contributed by atoms with van der Waals surface area (Å²) in [6, 6.07) is 9.43. The Bertz CT molecular complexity index is 641. The number of amides is 1. The van der Waals surface area contributed by atoms with Crippen LogP contribution in [0.25, 0.3) is 0 Å². The van der Waals surface area contributed by atoms with Crippen molar-refractivity contribution in [2.45, 2.75) is 52.2 Å². The molecule has 1 amide bonds. The molecule has 6 heteroatoms. The molecular weight excluding hydrogens is 332 g/mol. The normalized spacial score (nSPS) is 21.2. The number of carboxylic acid groups (broad SMARTS) is 1. The van der Waals surface area contributed by atoms with Crippen LogP contribution in [0.2, 0.25) is 0 Å². The molecule has 144 valence electrons. The highest BCUT2D eigenvalue weighted by Gasteiger charge is 2.56. The lowest BCUT2D eigenvalue weighted by Gasteiger charge is -2.60. The van der Waals surface area contributed by atoms with Gasteiger partial charge < -0.3 is 14.7 Å². The number of nitrogens with zero attached hydrogens (tertiary/aromatic N) is 2. The molecule has 6 nitrogen and oxygen atoms in total. The first-order valence-corrected chi connectivity index (χ1v) is 8.99. The van der Waals surface area contributed by atoms with Crippen LogP contribution >= 0.6 is 0 Å². The lowest BCUT2D eigenvalue weighted by Crippen LogP contribution is -2.72. The molecule has 26 heavy (non-hydrogen) atoms. The van der Waals surface area contributed by atoms with Gasteiger partial charge in [0.05, 0.1) is 12.6 Å². The van der Waals surface area contributed by atoms with Crippen molar-refractivity contribution in [2.75, 3.05) is 20.2 Å². The second-order valence-corrected chi connectivity index (χ2v) is 8.06. The van der Waals surface area contributed by atoms with Crippen LogP contribution in [0, 0.1) is 5.41 Å². The van der Waals surface area contributed by atoms with Gasteiger partial charge in [0, 0.05) is 19.6 Å². The van der Waals surface area contributed by atoms with Gasteiger partial charge in [-0.3, -0.25) is 9.69 Å². The molecule has 2 rings (SSSR count). The molecule has 1 aromatic rings. The van der Waals surface area contributed by atoms with E-state index >= 15 is 0 Å². The number of likely N-dealkylation sites (tertiary alicyclic amines) is 1. The van der Waals surface area contributed by atoms with Crippen molar-refractivity contribution in [1.29, 1.82) is 0 Å². The fourth-order valence-electron chi connectivity index (χ4n) is 3.76. The van der Waals surface area contributed by atoms with Crippen molar-refractivity contribution in [2.24, 2.45) is 5.41 Å². The van der Waals surface area contributed by atoms with E-state index in [-0.39, 0.29) is 11.4 Å². The number of benzene rings is 1. The lowest BCUT2D eigenvalue weighted by atomic mass is 9.65. The number of hydrogen-bond donors (Lipinski definition) is 1. The fourth-order valence-corrected chi connectivity index (χ4v) is 3.76. The maximum Gasteiger partial charge on any atom is 0.407 e. The molecule has 0 radical (unpaired) electrons. The van der Waals surface area contributed by atoms with Gasteiger partial charge in [-0.15, -0.1) is 0 Å². The number of methoxy groups -OCH3 is 1. The Labute approximate surface area is 155 Å². The van der Waals surface area contributed by atoms with Crippen LogP contribution in [0.3, 0.4) is 0 Å². The van der Waals surface area contributed by atoms with Crippen LogP contribution in [0.15, 0.2) is 30.3 Å². The summed E-state index contributed by atoms with van der Waals surface area (Å²) in [6.07, 6.45) is -0.126. The van der Waals surface area contributed by atoms with E-state index in [0.29, 0.717) is 19.6 Å². The zero-order valence-corrected chi connectivity index (χ0v) is 16.4. The summed E-state index contributed by atoms with van der Waals surface area (Å²) in [4.78, 5) is 27.5. The average molecular weight is 362 g/mol. The Morgan fingerprint density at radius 2 is 1.92 bits per heavy atom. The fraction of sp³-hybridized carbons (Fsp3) is 0.600. The topological polar surface area (TPSA) is 70.1 Å². The summed E-state index contributed by atoms with van der Waals surface area (Å²) in [7, 11) is 1.38. The van der Waals surface area contributed by atoms with Gasteiger partial charge in [0.2, 0.25) is 0 Å². The molecule has 0 aromatic heterocycles. The van der Waals surface area contributed by atoms with Gasteiger partial charge in [0.15, 0.2) is 0 Å². The van der Waals surface area contributed by atoms with Crippen LogP contribution in [-0.4, -0.2) is 58.7 Å². The summed E-state index contributed by atoms with van der Waals surface area (Å²) in [6.45, 7) is 9.56. The second kappa shape index (κ2) is 7.66. The molecule has 1 N–H and O–H groups in total. The molecule has 1 aliphatic heterocycles. The zero-order chi connectivity index (χ0) is 19.5. The Balaban J connectivity index is 2.34. The van der Waals surface area contributed by atoms with Crippen molar-refractivity contribution in [1.82, 2.24) is 9.80 Å². The Hall–Kier alpha value is -2.08. The first kappa shape index (κ1) is 20.2. The van der Waals surface area contributed by atoms with E-state index in [1.54, 1.807) is 0 Å². The van der Waals surface area contributed by atoms with Crippen molar-refractivity contribution in [3.63, 3.8) is 0 Å². The highest BCUT2D eigenvalue weighted by atomic mass is 16.5. The van der Waals surface area contributed by atoms with Crippen molar-refractivity contribution in [3.8, 4) is 0 Å². The van der Waals surface area contributed by atoms with Crippen LogP contribution in [0.5, 0.6) is 0 Å². The van der Waals surface area contributed by atoms with Gasteiger partial charge >= 0.3 is 12.1 Å².